The maximum atomic E-state index is 12.1. The topological polar surface area (TPSA) is 80.6 Å². The van der Waals surface area contributed by atoms with Gasteiger partial charge in [-0.1, -0.05) is 12.1 Å². The number of amides is 1. The molecule has 0 aliphatic heterocycles. The summed E-state index contributed by atoms with van der Waals surface area (Å²) in [5.74, 6) is 0.0465. The van der Waals surface area contributed by atoms with Crippen LogP contribution in [0.5, 0.6) is 0 Å². The fourth-order valence-corrected chi connectivity index (χ4v) is 2.06. The van der Waals surface area contributed by atoms with Crippen molar-refractivity contribution in [3.63, 3.8) is 0 Å². The third-order valence-electron chi connectivity index (χ3n) is 3.24. The summed E-state index contributed by atoms with van der Waals surface area (Å²) in [5, 5.41) is 5.77. The molecule has 0 bridgehead atoms. The smallest absolute Gasteiger partial charge is 0.340 e. The molecule has 1 amide bonds. The Hall–Kier alpha value is -2.60. The first kappa shape index (κ1) is 16.8. The van der Waals surface area contributed by atoms with Gasteiger partial charge in [-0.15, -0.1) is 0 Å². The zero-order valence-electron chi connectivity index (χ0n) is 13.2. The molecule has 0 spiro atoms. The molecule has 6 nitrogen and oxygen atoms in total. The number of para-hydroxylation sites is 1. The Labute approximate surface area is 134 Å². The van der Waals surface area contributed by atoms with E-state index in [-0.39, 0.29) is 25.1 Å². The summed E-state index contributed by atoms with van der Waals surface area (Å²) in [5.41, 5.74) is 0.769. The van der Waals surface area contributed by atoms with Crippen molar-refractivity contribution in [1.29, 1.82) is 0 Å². The average molecular weight is 316 g/mol. The van der Waals surface area contributed by atoms with Crippen LogP contribution < -0.4 is 10.6 Å². The Morgan fingerprint density at radius 3 is 2.70 bits per heavy atom. The van der Waals surface area contributed by atoms with Crippen molar-refractivity contribution < 1.29 is 18.7 Å². The van der Waals surface area contributed by atoms with E-state index >= 15 is 0 Å². The van der Waals surface area contributed by atoms with E-state index in [4.69, 9.17) is 9.15 Å². The van der Waals surface area contributed by atoms with Gasteiger partial charge in [-0.3, -0.25) is 10.1 Å². The molecule has 1 aromatic carbocycles. The third-order valence-corrected chi connectivity index (χ3v) is 3.24. The van der Waals surface area contributed by atoms with Gasteiger partial charge in [0, 0.05) is 0 Å². The number of carbonyl (C=O) groups is 2. The number of ether oxygens (including phenoxy) is 1. The second kappa shape index (κ2) is 8.14. The molecule has 1 aromatic heterocycles. The minimum absolute atomic E-state index is 0.0870. The minimum atomic E-state index is -0.458. The fraction of sp³-hybridized carbons (Fsp3) is 0.294. The number of hydrogen-bond donors (Lipinski definition) is 2. The lowest BCUT2D eigenvalue weighted by Gasteiger charge is -2.13. The molecule has 0 fully saturated rings. The molecule has 2 rings (SSSR count). The van der Waals surface area contributed by atoms with Crippen LogP contribution in [0.15, 0.2) is 47.1 Å². The lowest BCUT2D eigenvalue weighted by molar-refractivity contribution is -0.115. The number of hydrogen-bond acceptors (Lipinski definition) is 5. The number of rotatable bonds is 7. The third kappa shape index (κ3) is 4.69. The van der Waals surface area contributed by atoms with Gasteiger partial charge in [0.15, 0.2) is 0 Å². The second-order valence-electron chi connectivity index (χ2n) is 4.93. The molecule has 1 atom stereocenters. The lowest BCUT2D eigenvalue weighted by atomic mass is 10.2. The first-order chi connectivity index (χ1) is 11.1. The molecular formula is C17H20N2O4. The highest BCUT2D eigenvalue weighted by Crippen LogP contribution is 2.16. The van der Waals surface area contributed by atoms with Gasteiger partial charge in [0.05, 0.1) is 36.7 Å². The van der Waals surface area contributed by atoms with E-state index in [1.807, 2.05) is 13.0 Å². The normalized spacial score (nSPS) is 11.7. The summed E-state index contributed by atoms with van der Waals surface area (Å²) in [6, 6.07) is 10.3. The van der Waals surface area contributed by atoms with Crippen molar-refractivity contribution in [2.24, 2.45) is 0 Å². The Balaban J connectivity index is 1.94. The van der Waals surface area contributed by atoms with Crippen LogP contribution in [0.2, 0.25) is 0 Å². The van der Waals surface area contributed by atoms with Gasteiger partial charge >= 0.3 is 5.97 Å². The zero-order valence-corrected chi connectivity index (χ0v) is 13.2. The van der Waals surface area contributed by atoms with Crippen molar-refractivity contribution in [3.8, 4) is 0 Å². The van der Waals surface area contributed by atoms with Crippen LogP contribution in [0.3, 0.4) is 0 Å². The molecule has 0 radical (unpaired) electrons. The summed E-state index contributed by atoms with van der Waals surface area (Å²) in [6.45, 7) is 4.01. The van der Waals surface area contributed by atoms with Gasteiger partial charge in [-0.25, -0.2) is 4.79 Å². The summed E-state index contributed by atoms with van der Waals surface area (Å²) in [4.78, 5) is 23.9. The Morgan fingerprint density at radius 1 is 1.22 bits per heavy atom. The van der Waals surface area contributed by atoms with Crippen LogP contribution in [-0.2, 0) is 9.53 Å². The minimum Gasteiger partial charge on any atom is -0.468 e. The highest BCUT2D eigenvalue weighted by Gasteiger charge is 2.15. The van der Waals surface area contributed by atoms with E-state index in [2.05, 4.69) is 10.6 Å². The maximum Gasteiger partial charge on any atom is 0.340 e. The van der Waals surface area contributed by atoms with Gasteiger partial charge in [0.25, 0.3) is 0 Å². The van der Waals surface area contributed by atoms with Crippen molar-refractivity contribution in [1.82, 2.24) is 5.32 Å². The van der Waals surface area contributed by atoms with Gasteiger partial charge < -0.3 is 14.5 Å². The van der Waals surface area contributed by atoms with Crippen LogP contribution in [0, 0.1) is 0 Å². The molecule has 0 aliphatic carbocycles. The molecule has 0 aliphatic rings. The molecule has 6 heteroatoms. The summed E-state index contributed by atoms with van der Waals surface area (Å²) >= 11 is 0. The number of furan rings is 1. The quantitative estimate of drug-likeness (QED) is 0.768. The molecule has 0 saturated heterocycles. The molecule has 0 unspecified atom stereocenters. The molecule has 122 valence electrons. The number of benzene rings is 1. The Kier molecular flexibility index (Phi) is 5.94. The van der Waals surface area contributed by atoms with Crippen molar-refractivity contribution in [3.05, 3.63) is 54.0 Å². The van der Waals surface area contributed by atoms with Crippen LogP contribution in [0.4, 0.5) is 5.69 Å². The number of esters is 1. The van der Waals surface area contributed by atoms with Gasteiger partial charge in [-0.05, 0) is 38.1 Å². The van der Waals surface area contributed by atoms with E-state index in [9.17, 15) is 9.59 Å². The van der Waals surface area contributed by atoms with Crippen molar-refractivity contribution in [2.45, 2.75) is 19.9 Å². The zero-order chi connectivity index (χ0) is 16.7. The standard InChI is InChI=1S/C17H20N2O4/c1-3-22-17(21)13-7-4-5-8-14(13)19-16(20)11-18-12(2)15-9-6-10-23-15/h4-10,12,18H,3,11H2,1-2H3,(H,19,20)/t12-/m0/s1. The monoisotopic (exact) mass is 316 g/mol. The molecule has 1 heterocycles. The van der Waals surface area contributed by atoms with Crippen LogP contribution in [-0.4, -0.2) is 25.0 Å². The number of anilines is 1. The lowest BCUT2D eigenvalue weighted by Crippen LogP contribution is -2.30. The van der Waals surface area contributed by atoms with E-state index in [0.717, 1.165) is 5.76 Å². The van der Waals surface area contributed by atoms with E-state index in [0.29, 0.717) is 11.3 Å². The van der Waals surface area contributed by atoms with Crippen molar-refractivity contribution >= 4 is 17.6 Å². The van der Waals surface area contributed by atoms with Crippen LogP contribution >= 0.6 is 0 Å². The summed E-state index contributed by atoms with van der Waals surface area (Å²) < 4.78 is 10.2. The summed E-state index contributed by atoms with van der Waals surface area (Å²) in [7, 11) is 0. The predicted octanol–water partition coefficient (Wildman–Crippen LogP) is 2.75. The number of carbonyl (C=O) groups excluding carboxylic acids is 2. The largest absolute Gasteiger partial charge is 0.468 e. The highest BCUT2D eigenvalue weighted by atomic mass is 16.5. The highest BCUT2D eigenvalue weighted by molar-refractivity contribution is 6.01. The van der Waals surface area contributed by atoms with Crippen molar-refractivity contribution in [2.75, 3.05) is 18.5 Å². The van der Waals surface area contributed by atoms with Crippen LogP contribution in [0.1, 0.15) is 36.0 Å². The Bertz CT molecular complexity index is 652. The first-order valence-electron chi connectivity index (χ1n) is 7.44. The summed E-state index contributed by atoms with van der Waals surface area (Å²) in [6.07, 6.45) is 1.59. The van der Waals surface area contributed by atoms with Crippen LogP contribution in [0.25, 0.3) is 0 Å². The predicted molar refractivity (Wildman–Crippen MR) is 86.2 cm³/mol. The molecule has 23 heavy (non-hydrogen) atoms. The maximum absolute atomic E-state index is 12.1. The van der Waals surface area contributed by atoms with Gasteiger partial charge in [-0.2, -0.15) is 0 Å². The van der Waals surface area contributed by atoms with E-state index < -0.39 is 5.97 Å². The number of nitrogens with one attached hydrogen (secondary N) is 2. The van der Waals surface area contributed by atoms with Gasteiger partial charge in [0.2, 0.25) is 5.91 Å². The molecule has 2 N–H and O–H groups in total. The first-order valence-corrected chi connectivity index (χ1v) is 7.44. The Morgan fingerprint density at radius 2 is 2.00 bits per heavy atom. The average Bonchev–Trinajstić information content (AvgIpc) is 3.08. The van der Waals surface area contributed by atoms with E-state index in [1.54, 1.807) is 43.5 Å². The molecular weight excluding hydrogens is 296 g/mol. The molecule has 2 aromatic rings. The van der Waals surface area contributed by atoms with Gasteiger partial charge in [0.1, 0.15) is 5.76 Å². The van der Waals surface area contributed by atoms with E-state index in [1.165, 1.54) is 0 Å². The fourth-order valence-electron chi connectivity index (χ4n) is 2.06. The second-order valence-corrected chi connectivity index (χ2v) is 4.93. The molecule has 0 saturated carbocycles. The SMILES string of the molecule is CCOC(=O)c1ccccc1NC(=O)CN[C@@H](C)c1ccco1.